The van der Waals surface area contributed by atoms with Crippen molar-refractivity contribution in [3.8, 4) is 0 Å². The number of aryl methyl sites for hydroxylation is 1. The first-order valence-corrected chi connectivity index (χ1v) is 6.05. The summed E-state index contributed by atoms with van der Waals surface area (Å²) >= 11 is 0. The van der Waals surface area contributed by atoms with Crippen LogP contribution in [0.25, 0.3) is 0 Å². The molecule has 5 heteroatoms. The SMILES string of the molecule is Cc1ccc(N)cc1NC(=O)Cc1ccc(F)cc1F. The molecule has 0 heterocycles. The van der Waals surface area contributed by atoms with Crippen molar-refractivity contribution in [3.05, 3.63) is 59.2 Å². The molecule has 2 aromatic rings. The van der Waals surface area contributed by atoms with Gasteiger partial charge in [-0.2, -0.15) is 0 Å². The van der Waals surface area contributed by atoms with E-state index in [0.717, 1.165) is 17.7 Å². The minimum absolute atomic E-state index is 0.144. The van der Waals surface area contributed by atoms with Crippen LogP contribution in [-0.2, 0) is 11.2 Å². The number of carbonyl (C=O) groups excluding carboxylic acids is 1. The fourth-order valence-corrected chi connectivity index (χ4v) is 1.81. The van der Waals surface area contributed by atoms with Gasteiger partial charge in [0, 0.05) is 17.4 Å². The first-order chi connectivity index (χ1) is 9.45. The molecule has 1 amide bonds. The second kappa shape index (κ2) is 5.69. The number of nitrogens with two attached hydrogens (primary N) is 1. The van der Waals surface area contributed by atoms with Crippen molar-refractivity contribution < 1.29 is 13.6 Å². The highest BCUT2D eigenvalue weighted by atomic mass is 19.1. The van der Waals surface area contributed by atoms with Gasteiger partial charge in [-0.05, 0) is 36.2 Å². The molecule has 3 N–H and O–H groups in total. The maximum Gasteiger partial charge on any atom is 0.228 e. The average molecular weight is 276 g/mol. The molecule has 0 aromatic heterocycles. The van der Waals surface area contributed by atoms with Crippen LogP contribution >= 0.6 is 0 Å². The maximum atomic E-state index is 13.5. The van der Waals surface area contributed by atoms with Crippen LogP contribution in [-0.4, -0.2) is 5.91 Å². The number of carbonyl (C=O) groups is 1. The van der Waals surface area contributed by atoms with E-state index in [9.17, 15) is 13.6 Å². The minimum Gasteiger partial charge on any atom is -0.399 e. The Hall–Kier alpha value is -2.43. The Morgan fingerprint density at radius 1 is 1.20 bits per heavy atom. The molecule has 0 unspecified atom stereocenters. The van der Waals surface area contributed by atoms with E-state index in [0.29, 0.717) is 11.4 Å². The predicted octanol–water partition coefficient (Wildman–Crippen LogP) is 3.04. The molecule has 3 nitrogen and oxygen atoms in total. The Morgan fingerprint density at radius 2 is 1.95 bits per heavy atom. The Labute approximate surface area is 115 Å². The summed E-state index contributed by atoms with van der Waals surface area (Å²) < 4.78 is 26.2. The van der Waals surface area contributed by atoms with Crippen LogP contribution in [0.5, 0.6) is 0 Å². The molecule has 0 aliphatic heterocycles. The Balaban J connectivity index is 2.11. The third-order valence-electron chi connectivity index (χ3n) is 2.90. The number of benzene rings is 2. The van der Waals surface area contributed by atoms with E-state index in [-0.39, 0.29) is 17.9 Å². The fraction of sp³-hybridized carbons (Fsp3) is 0.133. The van der Waals surface area contributed by atoms with Gasteiger partial charge in [0.15, 0.2) is 0 Å². The molecule has 0 saturated heterocycles. The van der Waals surface area contributed by atoms with E-state index < -0.39 is 11.6 Å². The highest BCUT2D eigenvalue weighted by Crippen LogP contribution is 2.19. The van der Waals surface area contributed by atoms with Gasteiger partial charge in [0.05, 0.1) is 6.42 Å². The fourth-order valence-electron chi connectivity index (χ4n) is 1.81. The van der Waals surface area contributed by atoms with Gasteiger partial charge in [-0.1, -0.05) is 12.1 Å². The second-order valence-electron chi connectivity index (χ2n) is 4.54. The normalized spacial score (nSPS) is 10.3. The lowest BCUT2D eigenvalue weighted by Gasteiger charge is -2.09. The van der Waals surface area contributed by atoms with Crippen LogP contribution < -0.4 is 11.1 Å². The van der Waals surface area contributed by atoms with Crippen LogP contribution in [0.4, 0.5) is 20.2 Å². The smallest absolute Gasteiger partial charge is 0.228 e. The van der Waals surface area contributed by atoms with E-state index in [1.807, 2.05) is 6.92 Å². The first-order valence-electron chi connectivity index (χ1n) is 6.05. The topological polar surface area (TPSA) is 55.1 Å². The van der Waals surface area contributed by atoms with Crippen LogP contribution in [0.15, 0.2) is 36.4 Å². The summed E-state index contributed by atoms with van der Waals surface area (Å²) in [5.41, 5.74) is 7.75. The Bertz CT molecular complexity index is 656. The zero-order valence-corrected chi connectivity index (χ0v) is 10.9. The average Bonchev–Trinajstić information content (AvgIpc) is 2.37. The first kappa shape index (κ1) is 14.0. The number of hydrogen-bond acceptors (Lipinski definition) is 2. The number of nitrogen functional groups attached to an aromatic ring is 1. The molecule has 0 bridgehead atoms. The lowest BCUT2D eigenvalue weighted by molar-refractivity contribution is -0.115. The Morgan fingerprint density at radius 3 is 2.65 bits per heavy atom. The monoisotopic (exact) mass is 276 g/mol. The molecule has 0 atom stereocenters. The van der Waals surface area contributed by atoms with Crippen LogP contribution in [0.3, 0.4) is 0 Å². The van der Waals surface area contributed by atoms with Crippen molar-refractivity contribution in [3.63, 3.8) is 0 Å². The standard InChI is InChI=1S/C15H14F2N2O/c1-9-2-5-12(18)8-14(9)19-15(20)6-10-3-4-11(16)7-13(10)17/h2-5,7-8H,6,18H2,1H3,(H,19,20). The van der Waals surface area contributed by atoms with Crippen LogP contribution in [0.1, 0.15) is 11.1 Å². The van der Waals surface area contributed by atoms with Gasteiger partial charge < -0.3 is 11.1 Å². The van der Waals surface area contributed by atoms with Gasteiger partial charge in [-0.25, -0.2) is 8.78 Å². The summed E-state index contributed by atoms with van der Waals surface area (Å²) in [6, 6.07) is 8.28. The summed E-state index contributed by atoms with van der Waals surface area (Å²) in [4.78, 5) is 11.9. The zero-order valence-electron chi connectivity index (χ0n) is 10.9. The van der Waals surface area contributed by atoms with E-state index in [1.165, 1.54) is 6.07 Å². The molecule has 20 heavy (non-hydrogen) atoms. The summed E-state index contributed by atoms with van der Waals surface area (Å²) in [5, 5.41) is 2.66. The number of hydrogen-bond donors (Lipinski definition) is 2. The molecule has 0 spiro atoms. The van der Waals surface area contributed by atoms with Gasteiger partial charge >= 0.3 is 0 Å². The van der Waals surface area contributed by atoms with Gasteiger partial charge in [0.25, 0.3) is 0 Å². The molecule has 104 valence electrons. The van der Waals surface area contributed by atoms with Gasteiger partial charge in [0.1, 0.15) is 11.6 Å². The van der Waals surface area contributed by atoms with E-state index in [1.54, 1.807) is 18.2 Å². The van der Waals surface area contributed by atoms with Crippen molar-refractivity contribution >= 4 is 17.3 Å². The molecule has 2 aromatic carbocycles. The van der Waals surface area contributed by atoms with Gasteiger partial charge in [-0.3, -0.25) is 4.79 Å². The predicted molar refractivity (Wildman–Crippen MR) is 74.3 cm³/mol. The van der Waals surface area contributed by atoms with Crippen molar-refractivity contribution in [2.45, 2.75) is 13.3 Å². The quantitative estimate of drug-likeness (QED) is 0.847. The zero-order chi connectivity index (χ0) is 14.7. The molecule has 0 fully saturated rings. The lowest BCUT2D eigenvalue weighted by Crippen LogP contribution is -2.16. The molecule has 2 rings (SSSR count). The number of halogens is 2. The lowest BCUT2D eigenvalue weighted by atomic mass is 10.1. The maximum absolute atomic E-state index is 13.5. The summed E-state index contributed by atoms with van der Waals surface area (Å²) in [6.45, 7) is 1.83. The molecule has 0 aliphatic rings. The number of rotatable bonds is 3. The van der Waals surface area contributed by atoms with E-state index in [2.05, 4.69) is 5.32 Å². The number of amides is 1. The van der Waals surface area contributed by atoms with E-state index in [4.69, 9.17) is 5.73 Å². The van der Waals surface area contributed by atoms with Crippen molar-refractivity contribution in [2.75, 3.05) is 11.1 Å². The molecule has 0 aliphatic carbocycles. The Kier molecular flexibility index (Phi) is 3.98. The van der Waals surface area contributed by atoms with Crippen molar-refractivity contribution in [1.82, 2.24) is 0 Å². The van der Waals surface area contributed by atoms with Crippen LogP contribution in [0.2, 0.25) is 0 Å². The summed E-state index contributed by atoms with van der Waals surface area (Å²) in [6.07, 6.45) is -0.166. The third-order valence-corrected chi connectivity index (χ3v) is 2.90. The van der Waals surface area contributed by atoms with Gasteiger partial charge in [-0.15, -0.1) is 0 Å². The van der Waals surface area contributed by atoms with Crippen LogP contribution in [0, 0.1) is 18.6 Å². The van der Waals surface area contributed by atoms with Crippen molar-refractivity contribution in [1.29, 1.82) is 0 Å². The molecule has 0 radical (unpaired) electrons. The van der Waals surface area contributed by atoms with Gasteiger partial charge in [0.2, 0.25) is 5.91 Å². The molecular weight excluding hydrogens is 262 g/mol. The van der Waals surface area contributed by atoms with Crippen molar-refractivity contribution in [2.24, 2.45) is 0 Å². The second-order valence-corrected chi connectivity index (χ2v) is 4.54. The summed E-state index contributed by atoms with van der Waals surface area (Å²) in [7, 11) is 0. The largest absolute Gasteiger partial charge is 0.399 e. The number of anilines is 2. The highest BCUT2D eigenvalue weighted by molar-refractivity contribution is 5.93. The van der Waals surface area contributed by atoms with E-state index >= 15 is 0 Å². The number of nitrogens with one attached hydrogen (secondary N) is 1. The third kappa shape index (κ3) is 3.32. The summed E-state index contributed by atoms with van der Waals surface area (Å²) in [5.74, 6) is -1.79. The highest BCUT2D eigenvalue weighted by Gasteiger charge is 2.10. The molecular formula is C15H14F2N2O. The minimum atomic E-state index is -0.732. The molecule has 0 saturated carbocycles.